The van der Waals surface area contributed by atoms with Crippen molar-refractivity contribution in [3.8, 4) is 0 Å². The first-order chi connectivity index (χ1) is 11.7. The van der Waals surface area contributed by atoms with Gasteiger partial charge in [-0.3, -0.25) is 9.59 Å². The first-order valence-electron chi connectivity index (χ1n) is 8.29. The largest absolute Gasteiger partial charge is 0.448 e. The van der Waals surface area contributed by atoms with Gasteiger partial charge in [0.05, 0.1) is 0 Å². The molecule has 124 valence electrons. The first-order valence-corrected chi connectivity index (χ1v) is 8.29. The van der Waals surface area contributed by atoms with E-state index in [0.717, 1.165) is 12.8 Å². The molecule has 2 aromatic rings. The molecular weight excluding hydrogens is 306 g/mol. The standard InChI is InChI=1S/C18H19N3O3/c22-17(21-9-12-3-1-2-4-13(12)10-21)8-7-16-20-15(11-24-16)18(23)19-14-5-6-14/h1-4,11,14H,5-10H2,(H,19,23). The first kappa shape index (κ1) is 14.9. The molecule has 0 saturated heterocycles. The Morgan fingerprint density at radius 2 is 1.92 bits per heavy atom. The van der Waals surface area contributed by atoms with Gasteiger partial charge in [0, 0.05) is 32.0 Å². The number of hydrogen-bond acceptors (Lipinski definition) is 4. The van der Waals surface area contributed by atoms with Crippen LogP contribution in [0.15, 0.2) is 34.9 Å². The highest BCUT2D eigenvalue weighted by Gasteiger charge is 2.26. The lowest BCUT2D eigenvalue weighted by Gasteiger charge is -2.14. The number of nitrogens with zero attached hydrogens (tertiary/aromatic N) is 2. The minimum atomic E-state index is -0.200. The predicted octanol–water partition coefficient (Wildman–Crippen LogP) is 2.04. The van der Waals surface area contributed by atoms with Gasteiger partial charge in [-0.25, -0.2) is 4.98 Å². The Morgan fingerprint density at radius 1 is 1.21 bits per heavy atom. The molecule has 1 aliphatic heterocycles. The van der Waals surface area contributed by atoms with Crippen LogP contribution in [-0.2, 0) is 24.3 Å². The lowest BCUT2D eigenvalue weighted by atomic mass is 10.1. The van der Waals surface area contributed by atoms with Crippen LogP contribution in [-0.4, -0.2) is 27.7 Å². The second-order valence-electron chi connectivity index (χ2n) is 6.39. The quantitative estimate of drug-likeness (QED) is 0.913. The van der Waals surface area contributed by atoms with Crippen molar-refractivity contribution in [2.45, 2.75) is 44.8 Å². The predicted molar refractivity (Wildman–Crippen MR) is 86.0 cm³/mol. The molecule has 1 N–H and O–H groups in total. The minimum absolute atomic E-state index is 0.0772. The average molecular weight is 325 g/mol. The highest BCUT2D eigenvalue weighted by atomic mass is 16.3. The minimum Gasteiger partial charge on any atom is -0.448 e. The van der Waals surface area contributed by atoms with Crippen molar-refractivity contribution in [3.05, 3.63) is 53.2 Å². The average Bonchev–Trinajstić information content (AvgIpc) is 3.13. The van der Waals surface area contributed by atoms with Crippen LogP contribution >= 0.6 is 0 Å². The van der Waals surface area contributed by atoms with E-state index in [2.05, 4.69) is 22.4 Å². The molecule has 4 rings (SSSR count). The van der Waals surface area contributed by atoms with E-state index in [9.17, 15) is 9.59 Å². The van der Waals surface area contributed by atoms with Crippen LogP contribution in [0.4, 0.5) is 0 Å². The maximum atomic E-state index is 12.4. The summed E-state index contributed by atoms with van der Waals surface area (Å²) >= 11 is 0. The van der Waals surface area contributed by atoms with Crippen molar-refractivity contribution in [2.75, 3.05) is 0 Å². The van der Waals surface area contributed by atoms with Crippen LogP contribution in [0.25, 0.3) is 0 Å². The van der Waals surface area contributed by atoms with E-state index in [1.54, 1.807) is 0 Å². The number of oxazole rings is 1. The summed E-state index contributed by atoms with van der Waals surface area (Å²) in [5, 5.41) is 2.87. The summed E-state index contributed by atoms with van der Waals surface area (Å²) in [6.45, 7) is 1.32. The third-order valence-corrected chi connectivity index (χ3v) is 4.44. The SMILES string of the molecule is O=C(NC1CC1)c1coc(CCC(=O)N2Cc3ccccc3C2)n1. The Labute approximate surface area is 139 Å². The van der Waals surface area contributed by atoms with Crippen LogP contribution in [0.2, 0.25) is 0 Å². The number of amides is 2. The van der Waals surface area contributed by atoms with Crippen LogP contribution in [0.5, 0.6) is 0 Å². The molecule has 6 heteroatoms. The molecule has 2 aliphatic rings. The summed E-state index contributed by atoms with van der Waals surface area (Å²) in [6.07, 6.45) is 4.16. The molecule has 2 heterocycles. The number of hydrogen-bond donors (Lipinski definition) is 1. The van der Waals surface area contributed by atoms with Gasteiger partial charge in [0.1, 0.15) is 6.26 Å². The van der Waals surface area contributed by atoms with Gasteiger partial charge in [-0.05, 0) is 24.0 Å². The number of benzene rings is 1. The highest BCUT2D eigenvalue weighted by molar-refractivity contribution is 5.92. The van der Waals surface area contributed by atoms with Gasteiger partial charge in [-0.1, -0.05) is 24.3 Å². The van der Waals surface area contributed by atoms with Gasteiger partial charge < -0.3 is 14.6 Å². The second kappa shape index (κ2) is 6.11. The fourth-order valence-corrected chi connectivity index (χ4v) is 2.90. The molecule has 6 nitrogen and oxygen atoms in total. The molecule has 0 bridgehead atoms. The number of carbonyl (C=O) groups is 2. The van der Waals surface area contributed by atoms with Crippen molar-refractivity contribution in [3.63, 3.8) is 0 Å². The lowest BCUT2D eigenvalue weighted by Crippen LogP contribution is -2.26. The Balaban J connectivity index is 1.30. The van der Waals surface area contributed by atoms with Gasteiger partial charge >= 0.3 is 0 Å². The summed E-state index contributed by atoms with van der Waals surface area (Å²) < 4.78 is 5.32. The summed E-state index contributed by atoms with van der Waals surface area (Å²) in [5.41, 5.74) is 2.71. The monoisotopic (exact) mass is 325 g/mol. The van der Waals surface area contributed by atoms with Gasteiger partial charge in [0.25, 0.3) is 5.91 Å². The number of carbonyl (C=O) groups excluding carboxylic acids is 2. The van der Waals surface area contributed by atoms with Crippen molar-refractivity contribution in [2.24, 2.45) is 0 Å². The van der Waals surface area contributed by atoms with Crippen LogP contribution in [0.1, 0.15) is 46.8 Å². The fourth-order valence-electron chi connectivity index (χ4n) is 2.90. The van der Waals surface area contributed by atoms with Crippen molar-refractivity contribution < 1.29 is 14.0 Å². The summed E-state index contributed by atoms with van der Waals surface area (Å²) in [7, 11) is 0. The Kier molecular flexibility index (Phi) is 3.80. The van der Waals surface area contributed by atoms with E-state index < -0.39 is 0 Å². The normalized spacial score (nSPS) is 16.1. The Bertz CT molecular complexity index is 754. The van der Waals surface area contributed by atoms with E-state index in [4.69, 9.17) is 4.42 Å². The Hall–Kier alpha value is -2.63. The second-order valence-corrected chi connectivity index (χ2v) is 6.39. The van der Waals surface area contributed by atoms with Crippen molar-refractivity contribution in [1.82, 2.24) is 15.2 Å². The zero-order valence-corrected chi connectivity index (χ0v) is 13.3. The molecule has 1 aliphatic carbocycles. The van der Waals surface area contributed by atoms with Gasteiger partial charge in [-0.15, -0.1) is 0 Å². The van der Waals surface area contributed by atoms with Gasteiger partial charge in [0.15, 0.2) is 11.6 Å². The van der Waals surface area contributed by atoms with Crippen molar-refractivity contribution >= 4 is 11.8 Å². The molecule has 1 fully saturated rings. The molecule has 24 heavy (non-hydrogen) atoms. The van der Waals surface area contributed by atoms with Crippen molar-refractivity contribution in [1.29, 1.82) is 0 Å². The third kappa shape index (κ3) is 3.18. The van der Waals surface area contributed by atoms with Gasteiger partial charge in [0.2, 0.25) is 5.91 Å². The molecule has 1 aromatic carbocycles. The highest BCUT2D eigenvalue weighted by Crippen LogP contribution is 2.23. The van der Waals surface area contributed by atoms with Crippen LogP contribution in [0, 0.1) is 0 Å². The van der Waals surface area contributed by atoms with Crippen LogP contribution < -0.4 is 5.32 Å². The third-order valence-electron chi connectivity index (χ3n) is 4.44. The Morgan fingerprint density at radius 3 is 2.58 bits per heavy atom. The number of aryl methyl sites for hydroxylation is 1. The fraction of sp³-hybridized carbons (Fsp3) is 0.389. The lowest BCUT2D eigenvalue weighted by molar-refractivity contribution is -0.131. The molecular formula is C18H19N3O3. The van der Waals surface area contributed by atoms with E-state index in [1.807, 2.05) is 17.0 Å². The molecule has 0 radical (unpaired) electrons. The number of nitrogens with one attached hydrogen (secondary N) is 1. The molecule has 0 unspecified atom stereocenters. The molecule has 1 saturated carbocycles. The van der Waals surface area contributed by atoms with E-state index in [1.165, 1.54) is 17.4 Å². The molecule has 1 aromatic heterocycles. The maximum Gasteiger partial charge on any atom is 0.273 e. The maximum absolute atomic E-state index is 12.4. The summed E-state index contributed by atoms with van der Waals surface area (Å²) in [5.74, 6) is 0.309. The number of fused-ring (bicyclic) bond motifs is 1. The molecule has 0 atom stereocenters. The molecule has 2 amide bonds. The van der Waals surface area contributed by atoms with Gasteiger partial charge in [-0.2, -0.15) is 0 Å². The number of rotatable bonds is 5. The zero-order valence-electron chi connectivity index (χ0n) is 13.3. The van der Waals surface area contributed by atoms with E-state index in [0.29, 0.717) is 31.8 Å². The summed E-state index contributed by atoms with van der Waals surface area (Å²) in [6, 6.07) is 8.39. The topological polar surface area (TPSA) is 75.4 Å². The summed E-state index contributed by atoms with van der Waals surface area (Å²) in [4.78, 5) is 30.3. The number of aromatic nitrogens is 1. The van der Waals surface area contributed by atoms with Crippen LogP contribution in [0.3, 0.4) is 0 Å². The smallest absolute Gasteiger partial charge is 0.273 e. The zero-order chi connectivity index (χ0) is 16.5. The van der Waals surface area contributed by atoms with E-state index >= 15 is 0 Å². The van der Waals surface area contributed by atoms with E-state index in [-0.39, 0.29) is 23.6 Å². The molecule has 0 spiro atoms.